The molecule has 0 bridgehead atoms. The molecule has 1 aromatic carbocycles. The maximum absolute atomic E-state index is 12.0. The lowest BCUT2D eigenvalue weighted by Crippen LogP contribution is -2.41. The second-order valence-corrected chi connectivity index (χ2v) is 5.70. The quantitative estimate of drug-likeness (QED) is 0.855. The zero-order valence-corrected chi connectivity index (χ0v) is 11.5. The van der Waals surface area contributed by atoms with Crippen LogP contribution in [0.3, 0.4) is 0 Å². The Balaban J connectivity index is 1.53. The number of hydrogen-bond donors (Lipinski definition) is 2. The van der Waals surface area contributed by atoms with E-state index in [-0.39, 0.29) is 18.1 Å². The molecule has 1 saturated carbocycles. The van der Waals surface area contributed by atoms with Crippen LogP contribution >= 0.6 is 0 Å². The van der Waals surface area contributed by atoms with Crippen LogP contribution in [-0.4, -0.2) is 19.2 Å². The van der Waals surface area contributed by atoms with Crippen LogP contribution in [-0.2, 0) is 11.3 Å². The molecule has 3 N–H and O–H groups in total. The predicted molar refractivity (Wildman–Crippen MR) is 74.4 cm³/mol. The summed E-state index contributed by atoms with van der Waals surface area (Å²) in [5.74, 6) is 1.58. The molecular weight excluding hydrogens is 256 g/mol. The Bertz CT molecular complexity index is 506. The summed E-state index contributed by atoms with van der Waals surface area (Å²) in [6.45, 7) is 1.38. The van der Waals surface area contributed by atoms with E-state index < -0.39 is 0 Å². The molecule has 5 nitrogen and oxygen atoms in total. The SMILES string of the molecule is NCC1(CC(=O)NCc2ccc3c(c2)OCO3)CCC1. The fourth-order valence-corrected chi connectivity index (χ4v) is 2.78. The lowest BCUT2D eigenvalue weighted by molar-refractivity contribution is -0.124. The largest absolute Gasteiger partial charge is 0.454 e. The minimum atomic E-state index is 0.0545. The lowest BCUT2D eigenvalue weighted by Gasteiger charge is -2.40. The van der Waals surface area contributed by atoms with Gasteiger partial charge < -0.3 is 20.5 Å². The maximum atomic E-state index is 12.0. The molecule has 1 aliphatic heterocycles. The highest BCUT2D eigenvalue weighted by atomic mass is 16.7. The molecule has 1 amide bonds. The van der Waals surface area contributed by atoms with E-state index in [9.17, 15) is 4.79 Å². The number of rotatable bonds is 5. The first kappa shape index (κ1) is 13.2. The van der Waals surface area contributed by atoms with Crippen LogP contribution in [0, 0.1) is 5.41 Å². The number of amides is 1. The summed E-state index contributed by atoms with van der Waals surface area (Å²) in [6.07, 6.45) is 3.86. The van der Waals surface area contributed by atoms with Gasteiger partial charge in [0.1, 0.15) is 0 Å². The minimum Gasteiger partial charge on any atom is -0.454 e. The number of ether oxygens (including phenoxy) is 2. The van der Waals surface area contributed by atoms with Gasteiger partial charge in [0.25, 0.3) is 0 Å². The molecular formula is C15H20N2O3. The highest BCUT2D eigenvalue weighted by Gasteiger charge is 2.37. The second-order valence-electron chi connectivity index (χ2n) is 5.70. The normalized spacial score (nSPS) is 18.4. The highest BCUT2D eigenvalue weighted by Crippen LogP contribution is 2.42. The molecule has 108 valence electrons. The van der Waals surface area contributed by atoms with E-state index in [0.29, 0.717) is 19.5 Å². The Morgan fingerprint density at radius 3 is 2.80 bits per heavy atom. The first-order valence-electron chi connectivity index (χ1n) is 7.06. The van der Waals surface area contributed by atoms with Crippen molar-refractivity contribution < 1.29 is 14.3 Å². The van der Waals surface area contributed by atoms with E-state index >= 15 is 0 Å². The number of benzene rings is 1. The van der Waals surface area contributed by atoms with E-state index in [1.165, 1.54) is 6.42 Å². The molecule has 0 aromatic heterocycles. The first-order valence-corrected chi connectivity index (χ1v) is 7.06. The van der Waals surface area contributed by atoms with Gasteiger partial charge in [0.15, 0.2) is 11.5 Å². The van der Waals surface area contributed by atoms with Gasteiger partial charge >= 0.3 is 0 Å². The molecule has 1 aliphatic carbocycles. The summed E-state index contributed by atoms with van der Waals surface area (Å²) in [7, 11) is 0. The fraction of sp³-hybridized carbons (Fsp3) is 0.533. The molecule has 0 atom stereocenters. The molecule has 1 aromatic rings. The lowest BCUT2D eigenvalue weighted by atomic mass is 9.66. The first-order chi connectivity index (χ1) is 9.71. The van der Waals surface area contributed by atoms with Crippen LogP contribution in [0.2, 0.25) is 0 Å². The number of nitrogens with one attached hydrogen (secondary N) is 1. The van der Waals surface area contributed by atoms with Gasteiger partial charge in [-0.15, -0.1) is 0 Å². The Hall–Kier alpha value is -1.75. The van der Waals surface area contributed by atoms with Gasteiger partial charge in [-0.3, -0.25) is 4.79 Å². The van der Waals surface area contributed by atoms with E-state index in [1.807, 2.05) is 18.2 Å². The van der Waals surface area contributed by atoms with E-state index in [0.717, 1.165) is 29.9 Å². The molecule has 0 unspecified atom stereocenters. The number of carbonyl (C=O) groups excluding carboxylic acids is 1. The van der Waals surface area contributed by atoms with E-state index in [2.05, 4.69) is 5.32 Å². The molecule has 3 rings (SSSR count). The Morgan fingerprint density at radius 2 is 2.10 bits per heavy atom. The molecule has 2 aliphatic rings. The summed E-state index contributed by atoms with van der Waals surface area (Å²) in [5, 5.41) is 2.96. The van der Waals surface area contributed by atoms with Crippen molar-refractivity contribution in [1.82, 2.24) is 5.32 Å². The van der Waals surface area contributed by atoms with Crippen molar-refractivity contribution in [2.45, 2.75) is 32.2 Å². The summed E-state index contributed by atoms with van der Waals surface area (Å²) < 4.78 is 10.6. The second kappa shape index (κ2) is 5.32. The minimum absolute atomic E-state index is 0.0545. The standard InChI is InChI=1S/C15H20N2O3/c16-9-15(4-1-5-15)7-14(18)17-8-11-2-3-12-13(6-11)20-10-19-12/h2-3,6H,1,4-5,7-10,16H2,(H,17,18). The van der Waals surface area contributed by atoms with Gasteiger partial charge in [-0.1, -0.05) is 12.5 Å². The molecule has 1 heterocycles. The fourth-order valence-electron chi connectivity index (χ4n) is 2.78. The van der Waals surface area contributed by atoms with Crippen molar-refractivity contribution in [1.29, 1.82) is 0 Å². The topological polar surface area (TPSA) is 73.6 Å². The molecule has 5 heteroatoms. The van der Waals surface area contributed by atoms with Crippen LogP contribution in [0.15, 0.2) is 18.2 Å². The zero-order valence-electron chi connectivity index (χ0n) is 11.5. The average molecular weight is 276 g/mol. The van der Waals surface area contributed by atoms with Crippen molar-refractivity contribution in [2.75, 3.05) is 13.3 Å². The van der Waals surface area contributed by atoms with Gasteiger partial charge in [-0.05, 0) is 42.5 Å². The molecule has 1 fully saturated rings. The molecule has 20 heavy (non-hydrogen) atoms. The zero-order chi connectivity index (χ0) is 14.0. The maximum Gasteiger partial charge on any atom is 0.231 e. The molecule has 0 spiro atoms. The van der Waals surface area contributed by atoms with Gasteiger partial charge in [-0.25, -0.2) is 0 Å². The average Bonchev–Trinajstić information content (AvgIpc) is 2.88. The number of carbonyl (C=O) groups is 1. The van der Waals surface area contributed by atoms with Crippen LogP contribution in [0.25, 0.3) is 0 Å². The summed E-state index contributed by atoms with van der Waals surface area (Å²) in [6, 6.07) is 5.72. The van der Waals surface area contributed by atoms with Crippen molar-refractivity contribution in [2.24, 2.45) is 11.1 Å². The van der Waals surface area contributed by atoms with Gasteiger partial charge in [-0.2, -0.15) is 0 Å². The Kier molecular flexibility index (Phi) is 3.53. The number of nitrogens with two attached hydrogens (primary N) is 1. The number of fused-ring (bicyclic) bond motifs is 1. The summed E-state index contributed by atoms with van der Waals surface area (Å²) >= 11 is 0. The van der Waals surface area contributed by atoms with Crippen LogP contribution in [0.1, 0.15) is 31.2 Å². The summed E-state index contributed by atoms with van der Waals surface area (Å²) in [5.41, 5.74) is 6.84. The van der Waals surface area contributed by atoms with Crippen molar-refractivity contribution >= 4 is 5.91 Å². The van der Waals surface area contributed by atoms with Crippen molar-refractivity contribution in [3.63, 3.8) is 0 Å². The van der Waals surface area contributed by atoms with E-state index in [1.54, 1.807) is 0 Å². The van der Waals surface area contributed by atoms with Crippen LogP contribution in [0.5, 0.6) is 11.5 Å². The summed E-state index contributed by atoms with van der Waals surface area (Å²) in [4.78, 5) is 12.0. The third kappa shape index (κ3) is 2.58. The van der Waals surface area contributed by atoms with E-state index in [4.69, 9.17) is 15.2 Å². The van der Waals surface area contributed by atoms with Gasteiger partial charge in [0, 0.05) is 13.0 Å². The highest BCUT2D eigenvalue weighted by molar-refractivity contribution is 5.76. The predicted octanol–water partition coefficient (Wildman–Crippen LogP) is 1.55. The van der Waals surface area contributed by atoms with Crippen LogP contribution < -0.4 is 20.5 Å². The number of hydrogen-bond acceptors (Lipinski definition) is 4. The smallest absolute Gasteiger partial charge is 0.231 e. The van der Waals surface area contributed by atoms with Gasteiger partial charge in [0.05, 0.1) is 0 Å². The van der Waals surface area contributed by atoms with Crippen molar-refractivity contribution in [3.8, 4) is 11.5 Å². The molecule has 0 saturated heterocycles. The molecule has 0 radical (unpaired) electrons. The van der Waals surface area contributed by atoms with Crippen molar-refractivity contribution in [3.05, 3.63) is 23.8 Å². The Labute approximate surface area is 118 Å². The van der Waals surface area contributed by atoms with Gasteiger partial charge in [0.2, 0.25) is 12.7 Å². The Morgan fingerprint density at radius 1 is 1.30 bits per heavy atom. The van der Waals surface area contributed by atoms with Crippen LogP contribution in [0.4, 0.5) is 0 Å². The monoisotopic (exact) mass is 276 g/mol. The third-order valence-electron chi connectivity index (χ3n) is 4.31. The third-order valence-corrected chi connectivity index (χ3v) is 4.31.